The zero-order valence-corrected chi connectivity index (χ0v) is 62.5. The Morgan fingerprint density at radius 2 is 0.529 bits per heavy atom. The summed E-state index contributed by atoms with van der Waals surface area (Å²) in [5.74, 6) is 4.63. The van der Waals surface area contributed by atoms with Gasteiger partial charge in [0.05, 0.1) is 0 Å². The topological polar surface area (TPSA) is 51.6 Å². The van der Waals surface area contributed by atoms with E-state index < -0.39 is 0 Å². The molecule has 0 fully saturated rings. The van der Waals surface area contributed by atoms with Gasteiger partial charge in [0, 0.05) is 47.6 Å². The molecule has 0 amide bonds. The summed E-state index contributed by atoms with van der Waals surface area (Å²) in [7, 11) is 0. The van der Waals surface area contributed by atoms with Gasteiger partial charge >= 0.3 is 66.0 Å². The molecule has 10 aromatic carbocycles. The molecule has 4 nitrogen and oxygen atoms in total. The summed E-state index contributed by atoms with van der Waals surface area (Å²) < 4.78 is 0. The van der Waals surface area contributed by atoms with Crippen molar-refractivity contribution < 1.29 is 66.0 Å². The zero-order valence-electron chi connectivity index (χ0n) is 58.6. The van der Waals surface area contributed by atoms with Gasteiger partial charge < -0.3 is 26.0 Å². The van der Waals surface area contributed by atoms with Crippen molar-refractivity contribution in [2.45, 2.75) is 47.0 Å². The molecule has 0 spiro atoms. The Hall–Kier alpha value is -10.6. The molecule has 0 aliphatic heterocycles. The minimum atomic E-state index is 0. The standard InChI is InChI=1S/4C17H11N.C12H13.C8H5.C6H11.C2H3.4Ni/c4*1-2-7-14(8-3-1)15-9-6-10-16(13-15)17-11-4-5-12-18-17;1-5-10-6-8-11(9-7-10)12(2,3)4;1-2-8-6-4-3-5-7-8;1-5-6(2,3)4;1-2;;;;/h4*1-7,9-12H;6-9H,2-4H3;3-7H;1,5H,2-4H3;1H,2H2;;;;/q4*-2;4*-1;4*+3. The van der Waals surface area contributed by atoms with Crippen molar-refractivity contribution in [1.82, 2.24) is 19.9 Å². The van der Waals surface area contributed by atoms with Crippen molar-refractivity contribution in [2.75, 3.05) is 0 Å². The fourth-order valence-electron chi connectivity index (χ4n) is 9.01. The molecular weight excluding hydrogens is 1440 g/mol. The second kappa shape index (κ2) is 48.3. The maximum Gasteiger partial charge on any atom is 3.00 e. The largest absolute Gasteiger partial charge is 3.00 e. The summed E-state index contributed by atoms with van der Waals surface area (Å²) in [4.78, 5) is 17.4. The molecule has 0 saturated heterocycles. The third-order valence-electron chi connectivity index (χ3n) is 14.3. The molecule has 14 rings (SSSR count). The second-order valence-electron chi connectivity index (χ2n) is 23.9. The van der Waals surface area contributed by atoms with E-state index in [1.807, 2.05) is 285 Å². The van der Waals surface area contributed by atoms with Crippen LogP contribution >= 0.6 is 0 Å². The molecule has 0 bridgehead atoms. The van der Waals surface area contributed by atoms with Gasteiger partial charge in [0.1, 0.15) is 0 Å². The van der Waals surface area contributed by atoms with Gasteiger partial charge in [-0.15, -0.1) is 130 Å². The first-order chi connectivity index (χ1) is 48.8. The Morgan fingerprint density at radius 1 is 0.298 bits per heavy atom. The normalized spacial score (nSPS) is 9.62. The number of nitrogens with zero attached hydrogens (tertiary/aromatic N) is 4. The number of hydrogen-bond donors (Lipinski definition) is 0. The van der Waals surface area contributed by atoms with Crippen LogP contribution in [0.3, 0.4) is 0 Å². The molecule has 4 aromatic heterocycles. The van der Waals surface area contributed by atoms with Crippen LogP contribution in [0.25, 0.3) is 89.5 Å². The fraction of sp³-hybridized carbons (Fsp3) is 0.0833. The molecule has 0 atom stereocenters. The minimum Gasteiger partial charge on any atom is -0.521 e. The van der Waals surface area contributed by atoms with Crippen LogP contribution in [0.15, 0.2) is 335 Å². The van der Waals surface area contributed by atoms with E-state index in [0.29, 0.717) is 0 Å². The van der Waals surface area contributed by atoms with Crippen LogP contribution in [-0.2, 0) is 71.4 Å². The van der Waals surface area contributed by atoms with Crippen molar-refractivity contribution in [3.05, 3.63) is 426 Å². The quantitative estimate of drug-likeness (QED) is 0.0864. The molecule has 0 aliphatic rings. The average molecular weight is 1520 g/mol. The van der Waals surface area contributed by atoms with Crippen molar-refractivity contribution in [2.24, 2.45) is 5.41 Å². The molecule has 0 saturated carbocycles. The van der Waals surface area contributed by atoms with E-state index in [-0.39, 0.29) is 76.8 Å². The van der Waals surface area contributed by atoms with Gasteiger partial charge in [-0.3, -0.25) is 44.4 Å². The van der Waals surface area contributed by atoms with Gasteiger partial charge in [-0.1, -0.05) is 126 Å². The van der Waals surface area contributed by atoms with Crippen LogP contribution in [0.4, 0.5) is 0 Å². The molecule has 4 radical (unpaired) electrons. The predicted molar refractivity (Wildman–Crippen MR) is 413 cm³/mol. The SMILES string of the molecule is [C-]#Cc1ccc(C(C)(C)C)cc1.[C-]#Cc1ccccc1.[CH-]=C.[CH-]=CC(C)(C)C.[Ni+3].[Ni+3].[Ni+3].[Ni+3].[c-]1ccccc1-c1[c-]c(-c2ccccn2)ccc1.[c-]1ccccc1-c1[c-]c(-c2ccccn2)ccc1.[c-]1ccccc1-c1[c-]c(-c2ccccn2)ccc1.[c-]1ccccc1-c1[c-]c(-c2ccccn2)ccc1. The Kier molecular flexibility index (Phi) is 40.7. The Labute approximate surface area is 660 Å². The van der Waals surface area contributed by atoms with E-state index in [2.05, 4.69) is 147 Å². The Balaban J connectivity index is 0.000000319. The fourth-order valence-corrected chi connectivity index (χ4v) is 9.01. The van der Waals surface area contributed by atoms with Crippen molar-refractivity contribution in [3.8, 4) is 101 Å². The van der Waals surface area contributed by atoms with E-state index in [0.717, 1.165) is 101 Å². The van der Waals surface area contributed by atoms with Crippen LogP contribution < -0.4 is 0 Å². The maximum atomic E-state index is 6.92. The summed E-state index contributed by atoms with van der Waals surface area (Å²) in [5, 5.41) is 0. The molecule has 8 heteroatoms. The van der Waals surface area contributed by atoms with Crippen LogP contribution in [0.5, 0.6) is 0 Å². The molecule has 104 heavy (non-hydrogen) atoms. The first-order valence-electron chi connectivity index (χ1n) is 32.4. The van der Waals surface area contributed by atoms with E-state index in [9.17, 15) is 0 Å². The Bertz CT molecular complexity index is 4000. The third kappa shape index (κ3) is 30.5. The van der Waals surface area contributed by atoms with Crippen LogP contribution in [0.1, 0.15) is 58.2 Å². The third-order valence-corrected chi connectivity index (χ3v) is 14.3. The van der Waals surface area contributed by atoms with E-state index in [1.54, 1.807) is 30.9 Å². The first kappa shape index (κ1) is 87.6. The van der Waals surface area contributed by atoms with Crippen molar-refractivity contribution in [3.63, 3.8) is 0 Å². The second-order valence-corrected chi connectivity index (χ2v) is 23.9. The summed E-state index contributed by atoms with van der Waals surface area (Å²) in [5.41, 5.74) is 19.5. The van der Waals surface area contributed by atoms with Gasteiger partial charge in [0.25, 0.3) is 0 Å². The number of benzene rings is 10. The van der Waals surface area contributed by atoms with E-state index in [1.165, 1.54) is 5.56 Å². The summed E-state index contributed by atoms with van der Waals surface area (Å²) in [6, 6.07) is 123. The van der Waals surface area contributed by atoms with Gasteiger partial charge in [0.2, 0.25) is 0 Å². The predicted octanol–water partition coefficient (Wildman–Crippen LogP) is 23.2. The number of allylic oxidation sites excluding steroid dienone is 1. The first-order valence-corrected chi connectivity index (χ1v) is 32.4. The van der Waals surface area contributed by atoms with Gasteiger partial charge in [-0.2, -0.15) is 168 Å². The summed E-state index contributed by atoms with van der Waals surface area (Å²) in [6.45, 7) is 24.9. The van der Waals surface area contributed by atoms with Gasteiger partial charge in [-0.25, -0.2) is 22.3 Å². The number of hydrogen-bond acceptors (Lipinski definition) is 4. The molecule has 0 unspecified atom stereocenters. The average Bonchev–Trinajstić information content (AvgIpc) is 0.861. The molecule has 0 N–H and O–H groups in total. The van der Waals surface area contributed by atoms with Crippen LogP contribution in [0, 0.1) is 91.8 Å². The molecule has 0 aliphatic carbocycles. The van der Waals surface area contributed by atoms with Gasteiger partial charge in [0.15, 0.2) is 0 Å². The van der Waals surface area contributed by atoms with Crippen LogP contribution in [0.2, 0.25) is 0 Å². The summed E-state index contributed by atoms with van der Waals surface area (Å²) in [6.07, 6.45) is 22.5. The van der Waals surface area contributed by atoms with E-state index in [4.69, 9.17) is 19.4 Å². The van der Waals surface area contributed by atoms with Crippen LogP contribution in [-0.4, -0.2) is 19.9 Å². The maximum absolute atomic E-state index is 6.92. The minimum absolute atomic E-state index is 0. The van der Waals surface area contributed by atoms with Crippen molar-refractivity contribution >= 4 is 0 Å². The monoisotopic (exact) mass is 1520 g/mol. The Morgan fingerprint density at radius 3 is 0.731 bits per heavy atom. The molecule has 4 heterocycles. The van der Waals surface area contributed by atoms with E-state index >= 15 is 0 Å². The number of aromatic nitrogens is 4. The number of rotatable bonds is 8. The summed E-state index contributed by atoms with van der Waals surface area (Å²) >= 11 is 0. The number of pyridine rings is 4. The molecular formula is C96H76N4Ni4. The molecule has 14 aromatic rings. The zero-order chi connectivity index (χ0) is 71.1. The van der Waals surface area contributed by atoms with Crippen molar-refractivity contribution in [1.29, 1.82) is 0 Å². The van der Waals surface area contributed by atoms with Gasteiger partial charge in [-0.05, 0) is 35.2 Å². The molecule has 520 valence electrons. The smallest absolute Gasteiger partial charge is 0.521 e.